The van der Waals surface area contributed by atoms with Crippen LogP contribution in [0.1, 0.15) is 34.6 Å². The second-order valence-electron chi connectivity index (χ2n) is 10.5. The van der Waals surface area contributed by atoms with E-state index in [-0.39, 0.29) is 30.5 Å². The second-order valence-corrected chi connectivity index (χ2v) is 11.3. The van der Waals surface area contributed by atoms with Gasteiger partial charge >= 0.3 is 0 Å². The van der Waals surface area contributed by atoms with E-state index in [1.165, 1.54) is 5.56 Å². The standard InChI is InChI=1S/C35H37Cl2NO4.ClH/c36-30-11-4-9-27(19-30)24-41-33-21-38-22-34(42-25-28-10-5-12-31(37)20-28)35(33)29-13-15-32(16-14-29)40-18-6-17-39-23-26-7-2-1-3-8-26;/h1-5,7-16,19-20,33-35,38H,6,17-18,21-25H2;1H. The van der Waals surface area contributed by atoms with E-state index < -0.39 is 0 Å². The SMILES string of the molecule is Cl.Clc1cccc(COC2CNCC(OCc3cccc(Cl)c3)C2c2ccc(OCCCOCc3ccccc3)cc2)c1. The molecule has 2 atom stereocenters. The van der Waals surface area contributed by atoms with Gasteiger partial charge in [-0.15, -0.1) is 12.4 Å². The number of hydrogen-bond donors (Lipinski definition) is 1. The summed E-state index contributed by atoms with van der Waals surface area (Å²) in [6.45, 7) is 4.26. The monoisotopic (exact) mass is 641 g/mol. The Balaban J connectivity index is 0.00000423. The first kappa shape index (κ1) is 33.3. The molecule has 228 valence electrons. The minimum Gasteiger partial charge on any atom is -0.494 e. The van der Waals surface area contributed by atoms with Crippen LogP contribution in [0.4, 0.5) is 0 Å². The Kier molecular flexibility index (Phi) is 13.6. The van der Waals surface area contributed by atoms with Crippen LogP contribution in [0, 0.1) is 0 Å². The molecule has 1 N–H and O–H groups in total. The molecule has 43 heavy (non-hydrogen) atoms. The topological polar surface area (TPSA) is 49.0 Å². The Hall–Kier alpha value is -2.61. The Morgan fingerprint density at radius 1 is 0.628 bits per heavy atom. The maximum Gasteiger partial charge on any atom is 0.119 e. The van der Waals surface area contributed by atoms with Gasteiger partial charge in [0.1, 0.15) is 5.75 Å². The fourth-order valence-electron chi connectivity index (χ4n) is 5.18. The van der Waals surface area contributed by atoms with Gasteiger partial charge in [0.25, 0.3) is 0 Å². The van der Waals surface area contributed by atoms with Crippen LogP contribution >= 0.6 is 35.6 Å². The minimum absolute atomic E-state index is 0. The Bertz CT molecular complexity index is 1320. The second kappa shape index (κ2) is 17.6. The maximum atomic E-state index is 6.49. The Morgan fingerprint density at radius 3 is 1.79 bits per heavy atom. The van der Waals surface area contributed by atoms with Crippen molar-refractivity contribution in [3.05, 3.63) is 135 Å². The van der Waals surface area contributed by atoms with Crippen LogP contribution in [-0.2, 0) is 34.0 Å². The van der Waals surface area contributed by atoms with Gasteiger partial charge in [0.15, 0.2) is 0 Å². The molecule has 8 heteroatoms. The molecule has 0 aliphatic carbocycles. The lowest BCUT2D eigenvalue weighted by Crippen LogP contribution is -2.50. The molecule has 5 nitrogen and oxygen atoms in total. The highest BCUT2D eigenvalue weighted by molar-refractivity contribution is 6.30. The van der Waals surface area contributed by atoms with Crippen LogP contribution < -0.4 is 10.1 Å². The van der Waals surface area contributed by atoms with E-state index in [2.05, 4.69) is 29.6 Å². The first-order valence-electron chi connectivity index (χ1n) is 14.4. The van der Waals surface area contributed by atoms with Crippen molar-refractivity contribution < 1.29 is 18.9 Å². The predicted octanol–water partition coefficient (Wildman–Crippen LogP) is 8.26. The molecular formula is C35H38Cl3NO4. The summed E-state index contributed by atoms with van der Waals surface area (Å²) < 4.78 is 24.8. The summed E-state index contributed by atoms with van der Waals surface area (Å²) in [4.78, 5) is 0. The van der Waals surface area contributed by atoms with E-state index in [0.717, 1.165) is 42.0 Å². The van der Waals surface area contributed by atoms with Crippen molar-refractivity contribution in [3.8, 4) is 5.75 Å². The van der Waals surface area contributed by atoms with Gasteiger partial charge < -0.3 is 24.3 Å². The van der Waals surface area contributed by atoms with Gasteiger partial charge in [0.2, 0.25) is 0 Å². The molecule has 5 rings (SSSR count). The number of rotatable bonds is 14. The number of piperidine rings is 1. The van der Waals surface area contributed by atoms with Crippen molar-refractivity contribution >= 4 is 35.6 Å². The van der Waals surface area contributed by atoms with Crippen molar-refractivity contribution in [3.63, 3.8) is 0 Å². The zero-order valence-electron chi connectivity index (χ0n) is 24.0. The molecule has 2 unspecified atom stereocenters. The third kappa shape index (κ3) is 10.5. The smallest absolute Gasteiger partial charge is 0.119 e. The summed E-state index contributed by atoms with van der Waals surface area (Å²) >= 11 is 12.4. The molecule has 1 saturated heterocycles. The Labute approximate surface area is 270 Å². The molecule has 4 aromatic carbocycles. The van der Waals surface area contributed by atoms with E-state index in [1.54, 1.807) is 0 Å². The van der Waals surface area contributed by atoms with E-state index in [4.69, 9.17) is 42.1 Å². The van der Waals surface area contributed by atoms with Crippen LogP contribution in [-0.4, -0.2) is 38.5 Å². The molecule has 0 radical (unpaired) electrons. The summed E-state index contributed by atoms with van der Waals surface area (Å²) in [7, 11) is 0. The van der Waals surface area contributed by atoms with Crippen LogP contribution in [0.5, 0.6) is 5.75 Å². The fraction of sp³-hybridized carbons (Fsp3) is 0.314. The number of nitrogens with one attached hydrogen (secondary N) is 1. The molecule has 1 aliphatic rings. The van der Waals surface area contributed by atoms with E-state index in [9.17, 15) is 0 Å². The highest BCUT2D eigenvalue weighted by atomic mass is 35.5. The van der Waals surface area contributed by atoms with E-state index in [1.807, 2.05) is 78.9 Å². The number of hydrogen-bond acceptors (Lipinski definition) is 5. The minimum atomic E-state index is -0.0874. The van der Waals surface area contributed by atoms with Crippen molar-refractivity contribution in [1.82, 2.24) is 5.32 Å². The average molecular weight is 643 g/mol. The van der Waals surface area contributed by atoms with E-state index >= 15 is 0 Å². The molecule has 4 aromatic rings. The molecule has 0 bridgehead atoms. The van der Waals surface area contributed by atoms with Gasteiger partial charge in [-0.05, 0) is 58.7 Å². The molecule has 1 aliphatic heterocycles. The van der Waals surface area contributed by atoms with Crippen LogP contribution in [0.2, 0.25) is 10.0 Å². The van der Waals surface area contributed by atoms with Gasteiger partial charge in [0, 0.05) is 35.5 Å². The quantitative estimate of drug-likeness (QED) is 0.140. The van der Waals surface area contributed by atoms with Gasteiger partial charge in [-0.3, -0.25) is 0 Å². The van der Waals surface area contributed by atoms with Crippen molar-refractivity contribution in [1.29, 1.82) is 0 Å². The molecule has 1 heterocycles. The summed E-state index contributed by atoms with van der Waals surface area (Å²) in [5.41, 5.74) is 4.42. The lowest BCUT2D eigenvalue weighted by Gasteiger charge is -2.39. The van der Waals surface area contributed by atoms with Crippen LogP contribution in [0.25, 0.3) is 0 Å². The molecule has 0 amide bonds. The summed E-state index contributed by atoms with van der Waals surface area (Å²) in [6.07, 6.45) is 0.646. The average Bonchev–Trinajstić information content (AvgIpc) is 3.02. The van der Waals surface area contributed by atoms with Crippen LogP contribution in [0.3, 0.4) is 0 Å². The van der Waals surface area contributed by atoms with Gasteiger partial charge in [-0.25, -0.2) is 0 Å². The first-order valence-corrected chi connectivity index (χ1v) is 15.2. The molecular weight excluding hydrogens is 605 g/mol. The molecule has 0 saturated carbocycles. The highest BCUT2D eigenvalue weighted by Gasteiger charge is 2.36. The maximum absolute atomic E-state index is 6.49. The zero-order valence-corrected chi connectivity index (χ0v) is 26.3. The van der Waals surface area contributed by atoms with E-state index in [0.29, 0.717) is 43.1 Å². The normalized spacial score (nSPS) is 18.1. The highest BCUT2D eigenvalue weighted by Crippen LogP contribution is 2.32. The van der Waals surface area contributed by atoms with Crippen molar-refractivity contribution in [2.24, 2.45) is 0 Å². The first-order chi connectivity index (χ1) is 20.6. The van der Waals surface area contributed by atoms with Crippen LogP contribution in [0.15, 0.2) is 103 Å². The zero-order chi connectivity index (χ0) is 29.0. The number of benzene rings is 4. The molecule has 1 fully saturated rings. The Morgan fingerprint density at radius 2 is 1.21 bits per heavy atom. The third-order valence-corrected chi connectivity index (χ3v) is 7.75. The lowest BCUT2D eigenvalue weighted by molar-refractivity contribution is -0.0650. The third-order valence-electron chi connectivity index (χ3n) is 7.28. The van der Waals surface area contributed by atoms with Crippen molar-refractivity contribution in [2.45, 2.75) is 44.4 Å². The lowest BCUT2D eigenvalue weighted by atomic mass is 9.85. The fourth-order valence-corrected chi connectivity index (χ4v) is 5.60. The predicted molar refractivity (Wildman–Crippen MR) is 176 cm³/mol. The summed E-state index contributed by atoms with van der Waals surface area (Å²) in [6, 6.07) is 34.1. The molecule has 0 aromatic heterocycles. The summed E-state index contributed by atoms with van der Waals surface area (Å²) in [5, 5.41) is 4.92. The number of halogens is 3. The molecule has 0 spiro atoms. The number of ether oxygens (including phenoxy) is 4. The largest absolute Gasteiger partial charge is 0.494 e. The van der Waals surface area contributed by atoms with Gasteiger partial charge in [-0.1, -0.05) is 89.9 Å². The van der Waals surface area contributed by atoms with Gasteiger partial charge in [0.05, 0.1) is 45.2 Å². The van der Waals surface area contributed by atoms with Gasteiger partial charge in [-0.2, -0.15) is 0 Å². The van der Waals surface area contributed by atoms with Crippen molar-refractivity contribution in [2.75, 3.05) is 26.3 Å². The summed E-state index contributed by atoms with van der Waals surface area (Å²) in [5.74, 6) is 0.869.